The number of aliphatic carboxylic acids is 1. The molecule has 0 aliphatic rings. The van der Waals surface area contributed by atoms with Gasteiger partial charge in [0.2, 0.25) is 5.91 Å². The average Bonchev–Trinajstić information content (AvgIpc) is 2.46. The lowest BCUT2D eigenvalue weighted by atomic mass is 10.3. The SMILES string of the molecule is COC(CNC(=O)CCS(=O)(=O)c1ccccc1)C(=O)O. The number of carboxylic acid groups (broad SMARTS) is 1. The van der Waals surface area contributed by atoms with Crippen LogP contribution >= 0.6 is 0 Å². The van der Waals surface area contributed by atoms with Crippen LogP contribution in [0.2, 0.25) is 0 Å². The molecule has 0 aliphatic heterocycles. The van der Waals surface area contributed by atoms with Gasteiger partial charge in [-0.25, -0.2) is 13.2 Å². The minimum Gasteiger partial charge on any atom is -0.479 e. The number of hydrogen-bond acceptors (Lipinski definition) is 5. The van der Waals surface area contributed by atoms with Crippen molar-refractivity contribution in [3.63, 3.8) is 0 Å². The van der Waals surface area contributed by atoms with Gasteiger partial charge >= 0.3 is 5.97 Å². The fourth-order valence-electron chi connectivity index (χ4n) is 1.54. The molecule has 21 heavy (non-hydrogen) atoms. The standard InChI is InChI=1S/C13H17NO6S/c1-20-11(13(16)17)9-14-12(15)7-8-21(18,19)10-5-3-2-4-6-10/h2-6,11H,7-9H2,1H3,(H,14,15)(H,16,17). The van der Waals surface area contributed by atoms with Gasteiger partial charge in [-0.2, -0.15) is 0 Å². The summed E-state index contributed by atoms with van der Waals surface area (Å²) in [7, 11) is -2.31. The Morgan fingerprint density at radius 3 is 2.43 bits per heavy atom. The minimum atomic E-state index is -3.52. The van der Waals surface area contributed by atoms with Crippen LogP contribution in [0.4, 0.5) is 0 Å². The number of nitrogens with one attached hydrogen (secondary N) is 1. The average molecular weight is 315 g/mol. The summed E-state index contributed by atoms with van der Waals surface area (Å²) in [4.78, 5) is 22.4. The third-order valence-electron chi connectivity index (χ3n) is 2.74. The molecule has 0 fully saturated rings. The van der Waals surface area contributed by atoms with Crippen LogP contribution in [0.25, 0.3) is 0 Å². The van der Waals surface area contributed by atoms with Crippen molar-refractivity contribution in [3.8, 4) is 0 Å². The first-order chi connectivity index (χ1) is 9.86. The predicted octanol–water partition coefficient (Wildman–Crippen LogP) is 0.0662. The second-order valence-electron chi connectivity index (χ2n) is 4.25. The van der Waals surface area contributed by atoms with Crippen molar-refractivity contribution in [3.05, 3.63) is 30.3 Å². The molecular weight excluding hydrogens is 298 g/mol. The van der Waals surface area contributed by atoms with Crippen molar-refractivity contribution in [2.24, 2.45) is 0 Å². The van der Waals surface area contributed by atoms with Gasteiger partial charge in [-0.05, 0) is 12.1 Å². The highest BCUT2D eigenvalue weighted by Crippen LogP contribution is 2.10. The first-order valence-electron chi connectivity index (χ1n) is 6.17. The zero-order chi connectivity index (χ0) is 15.9. The van der Waals surface area contributed by atoms with Crippen molar-refractivity contribution in [1.29, 1.82) is 0 Å². The first-order valence-corrected chi connectivity index (χ1v) is 7.82. The first kappa shape index (κ1) is 17.1. The highest BCUT2D eigenvalue weighted by molar-refractivity contribution is 7.91. The summed E-state index contributed by atoms with van der Waals surface area (Å²) in [5.41, 5.74) is 0. The number of carbonyl (C=O) groups is 2. The molecule has 0 saturated carbocycles. The smallest absolute Gasteiger partial charge is 0.334 e. The Labute approximate surface area is 122 Å². The number of sulfone groups is 1. The van der Waals surface area contributed by atoms with E-state index in [0.717, 1.165) is 0 Å². The van der Waals surface area contributed by atoms with Crippen molar-refractivity contribution < 1.29 is 27.9 Å². The minimum absolute atomic E-state index is 0.151. The molecule has 1 rings (SSSR count). The van der Waals surface area contributed by atoms with Crippen LogP contribution in [0.15, 0.2) is 35.2 Å². The van der Waals surface area contributed by atoms with Crippen LogP contribution < -0.4 is 5.32 Å². The molecule has 1 atom stereocenters. The van der Waals surface area contributed by atoms with Crippen molar-refractivity contribution >= 4 is 21.7 Å². The van der Waals surface area contributed by atoms with Gasteiger partial charge in [0.25, 0.3) is 0 Å². The van der Waals surface area contributed by atoms with E-state index in [4.69, 9.17) is 5.11 Å². The number of carbonyl (C=O) groups excluding carboxylic acids is 1. The molecule has 2 N–H and O–H groups in total. The van der Waals surface area contributed by atoms with E-state index in [1.807, 2.05) is 0 Å². The zero-order valence-corrected chi connectivity index (χ0v) is 12.3. The van der Waals surface area contributed by atoms with Gasteiger partial charge in [0.1, 0.15) is 0 Å². The van der Waals surface area contributed by atoms with E-state index in [9.17, 15) is 18.0 Å². The van der Waals surface area contributed by atoms with E-state index in [-0.39, 0.29) is 23.6 Å². The van der Waals surface area contributed by atoms with Gasteiger partial charge in [0.05, 0.1) is 17.2 Å². The Morgan fingerprint density at radius 2 is 1.90 bits per heavy atom. The maximum Gasteiger partial charge on any atom is 0.334 e. The summed E-state index contributed by atoms with van der Waals surface area (Å²) in [6.45, 7) is -0.212. The number of ether oxygens (including phenoxy) is 1. The summed E-state index contributed by atoms with van der Waals surface area (Å²) in [6.07, 6.45) is -1.40. The molecule has 1 amide bonds. The maximum atomic E-state index is 11.9. The van der Waals surface area contributed by atoms with Gasteiger partial charge in [-0.15, -0.1) is 0 Å². The van der Waals surface area contributed by atoms with Crippen LogP contribution in [0, 0.1) is 0 Å². The molecule has 0 radical (unpaired) electrons. The molecule has 0 aromatic heterocycles. The Morgan fingerprint density at radius 1 is 1.29 bits per heavy atom. The van der Waals surface area contributed by atoms with Crippen molar-refractivity contribution in [2.75, 3.05) is 19.4 Å². The Balaban J connectivity index is 2.48. The molecule has 0 saturated heterocycles. The summed E-state index contributed by atoms with van der Waals surface area (Å²) in [6, 6.07) is 7.81. The fraction of sp³-hybridized carbons (Fsp3) is 0.385. The molecule has 0 heterocycles. The monoisotopic (exact) mass is 315 g/mol. The number of carboxylic acids is 1. The number of methoxy groups -OCH3 is 1. The van der Waals surface area contributed by atoms with Crippen LogP contribution in [0.3, 0.4) is 0 Å². The summed E-state index contributed by atoms with van der Waals surface area (Å²) >= 11 is 0. The molecule has 0 spiro atoms. The van der Waals surface area contributed by atoms with E-state index in [1.54, 1.807) is 18.2 Å². The number of rotatable bonds is 8. The summed E-state index contributed by atoms with van der Waals surface area (Å²) in [5.74, 6) is -2.08. The number of hydrogen-bond donors (Lipinski definition) is 2. The van der Waals surface area contributed by atoms with E-state index in [2.05, 4.69) is 10.1 Å². The number of benzene rings is 1. The van der Waals surface area contributed by atoms with Gasteiger partial charge in [-0.1, -0.05) is 18.2 Å². The summed E-state index contributed by atoms with van der Waals surface area (Å²) in [5, 5.41) is 11.1. The van der Waals surface area contributed by atoms with Crippen molar-refractivity contribution in [1.82, 2.24) is 5.32 Å². The predicted molar refractivity (Wildman–Crippen MR) is 74.6 cm³/mol. The molecule has 1 unspecified atom stereocenters. The van der Waals surface area contributed by atoms with Crippen LogP contribution in [0.5, 0.6) is 0 Å². The topological polar surface area (TPSA) is 110 Å². The summed E-state index contributed by atoms with van der Waals surface area (Å²) < 4.78 is 28.5. The second kappa shape index (κ2) is 7.75. The van der Waals surface area contributed by atoms with E-state index < -0.39 is 27.8 Å². The van der Waals surface area contributed by atoms with E-state index >= 15 is 0 Å². The number of amides is 1. The van der Waals surface area contributed by atoms with Crippen LogP contribution in [-0.4, -0.2) is 50.9 Å². The molecule has 1 aromatic rings. The highest BCUT2D eigenvalue weighted by atomic mass is 32.2. The molecule has 8 heteroatoms. The van der Waals surface area contributed by atoms with E-state index in [1.165, 1.54) is 19.2 Å². The normalized spacial score (nSPS) is 12.6. The Kier molecular flexibility index (Phi) is 6.32. The fourth-order valence-corrected chi connectivity index (χ4v) is 2.80. The van der Waals surface area contributed by atoms with Gasteiger partial charge in [0.15, 0.2) is 15.9 Å². The highest BCUT2D eigenvalue weighted by Gasteiger charge is 2.19. The largest absolute Gasteiger partial charge is 0.479 e. The maximum absolute atomic E-state index is 11.9. The Hall–Kier alpha value is -1.93. The molecule has 0 aliphatic carbocycles. The van der Waals surface area contributed by atoms with Crippen LogP contribution in [0.1, 0.15) is 6.42 Å². The lowest BCUT2D eigenvalue weighted by Gasteiger charge is -2.11. The zero-order valence-electron chi connectivity index (χ0n) is 11.5. The third kappa shape index (κ3) is 5.52. The van der Waals surface area contributed by atoms with Crippen LogP contribution in [-0.2, 0) is 24.2 Å². The van der Waals surface area contributed by atoms with Gasteiger partial charge in [0, 0.05) is 13.5 Å². The van der Waals surface area contributed by atoms with E-state index in [0.29, 0.717) is 0 Å². The van der Waals surface area contributed by atoms with Crippen molar-refractivity contribution in [2.45, 2.75) is 17.4 Å². The molecule has 116 valence electrons. The molecule has 0 bridgehead atoms. The molecule has 7 nitrogen and oxygen atoms in total. The Bertz CT molecular complexity index is 584. The van der Waals surface area contributed by atoms with Gasteiger partial charge < -0.3 is 15.2 Å². The lowest BCUT2D eigenvalue weighted by Crippen LogP contribution is -2.38. The lowest BCUT2D eigenvalue weighted by molar-refractivity contribution is -0.148. The second-order valence-corrected chi connectivity index (χ2v) is 6.36. The molecule has 1 aromatic carbocycles. The van der Waals surface area contributed by atoms with Gasteiger partial charge in [-0.3, -0.25) is 4.79 Å². The quantitative estimate of drug-likeness (QED) is 0.702. The molecular formula is C13H17NO6S. The third-order valence-corrected chi connectivity index (χ3v) is 4.48.